The zero-order chi connectivity index (χ0) is 9.30. The first-order valence-corrected chi connectivity index (χ1v) is 3.49. The number of carbonyl (C=O) groups excluding carboxylic acids is 1. The lowest BCUT2D eigenvalue weighted by Crippen LogP contribution is -2.39. The monoisotopic (exact) mass is 177 g/mol. The van der Waals surface area contributed by atoms with E-state index in [0.29, 0.717) is 0 Å². The molecular weight excluding hydrogens is 166 g/mol. The van der Waals surface area contributed by atoms with Crippen LogP contribution in [-0.2, 0) is 9.53 Å². The summed E-state index contributed by atoms with van der Waals surface area (Å²) in [6, 6.07) is 0. The maximum Gasteiger partial charge on any atom is 0.249 e. The van der Waals surface area contributed by atoms with Gasteiger partial charge in [-0.1, -0.05) is 0 Å². The number of aliphatic hydroxyl groups excluding tert-OH is 3. The summed E-state index contributed by atoms with van der Waals surface area (Å²) in [6.45, 7) is -0.456. The molecule has 1 rings (SSSR count). The lowest BCUT2D eigenvalue weighted by Gasteiger charge is -2.10. The van der Waals surface area contributed by atoms with Crippen LogP contribution in [0.4, 0.5) is 0 Å². The predicted molar refractivity (Wildman–Crippen MR) is 37.0 cm³/mol. The van der Waals surface area contributed by atoms with Gasteiger partial charge in [0.05, 0.1) is 6.61 Å². The molecule has 1 heterocycles. The van der Waals surface area contributed by atoms with Crippen LogP contribution in [0, 0.1) is 0 Å². The molecule has 12 heavy (non-hydrogen) atoms. The van der Waals surface area contributed by atoms with Gasteiger partial charge in [0.1, 0.15) is 18.3 Å². The molecule has 6 heteroatoms. The van der Waals surface area contributed by atoms with Crippen molar-refractivity contribution in [3.05, 3.63) is 0 Å². The molecule has 4 atom stereocenters. The van der Waals surface area contributed by atoms with Crippen molar-refractivity contribution in [2.45, 2.75) is 24.4 Å². The lowest BCUT2D eigenvalue weighted by atomic mass is 10.1. The van der Waals surface area contributed by atoms with Crippen LogP contribution in [-0.4, -0.2) is 52.2 Å². The number of amides is 1. The van der Waals surface area contributed by atoms with Crippen LogP contribution in [0.3, 0.4) is 0 Å². The van der Waals surface area contributed by atoms with E-state index in [1.165, 1.54) is 0 Å². The van der Waals surface area contributed by atoms with Crippen LogP contribution in [0.5, 0.6) is 0 Å². The number of carbonyl (C=O) groups is 1. The van der Waals surface area contributed by atoms with Gasteiger partial charge in [-0.25, -0.2) is 0 Å². The number of primary amides is 1. The van der Waals surface area contributed by atoms with Crippen molar-refractivity contribution >= 4 is 5.91 Å². The second-order valence-corrected chi connectivity index (χ2v) is 2.66. The fourth-order valence-corrected chi connectivity index (χ4v) is 1.13. The predicted octanol–water partition coefficient (Wildman–Crippen LogP) is -3.05. The Hall–Kier alpha value is -0.690. The molecule has 0 aromatic heterocycles. The zero-order valence-corrected chi connectivity index (χ0v) is 6.25. The Balaban J connectivity index is 2.66. The van der Waals surface area contributed by atoms with E-state index in [4.69, 9.17) is 25.8 Å². The standard InChI is InChI=1S/C6H11NO5/c7-6(11)5-4(10)3(9)2(1-8)12-5/h2-5,8-10H,1H2,(H2,7,11)/t2-,3-,4-,5-/m1/s1. The van der Waals surface area contributed by atoms with Crippen molar-refractivity contribution < 1.29 is 24.9 Å². The molecule has 0 bridgehead atoms. The van der Waals surface area contributed by atoms with Crippen LogP contribution in [0.2, 0.25) is 0 Å². The normalized spacial score (nSPS) is 41.6. The van der Waals surface area contributed by atoms with E-state index in [2.05, 4.69) is 0 Å². The van der Waals surface area contributed by atoms with Gasteiger partial charge in [0, 0.05) is 0 Å². The SMILES string of the molecule is NC(=O)[C@@H]1O[C@H](CO)[C@@H](O)[C@H]1O. The third-order valence-electron chi connectivity index (χ3n) is 1.82. The molecule has 0 aromatic rings. The highest BCUT2D eigenvalue weighted by molar-refractivity contribution is 5.80. The molecule has 1 fully saturated rings. The highest BCUT2D eigenvalue weighted by Crippen LogP contribution is 2.20. The van der Waals surface area contributed by atoms with Crippen molar-refractivity contribution in [3.8, 4) is 0 Å². The summed E-state index contributed by atoms with van der Waals surface area (Å²) in [5.74, 6) is -0.850. The minimum Gasteiger partial charge on any atom is -0.394 e. The Labute approximate surface area is 68.6 Å². The summed E-state index contributed by atoms with van der Waals surface area (Å²) in [7, 11) is 0. The Morgan fingerprint density at radius 2 is 2.00 bits per heavy atom. The fraction of sp³-hybridized carbons (Fsp3) is 0.833. The minimum absolute atomic E-state index is 0.456. The highest BCUT2D eigenvalue weighted by atomic mass is 16.6. The van der Waals surface area contributed by atoms with Gasteiger partial charge in [-0.05, 0) is 0 Å². The summed E-state index contributed by atoms with van der Waals surface area (Å²) in [5.41, 5.74) is 4.85. The Kier molecular flexibility index (Phi) is 2.63. The van der Waals surface area contributed by atoms with Crippen molar-refractivity contribution in [2.24, 2.45) is 5.73 Å². The number of hydrogen-bond donors (Lipinski definition) is 4. The Morgan fingerprint density at radius 1 is 1.42 bits per heavy atom. The van der Waals surface area contributed by atoms with Gasteiger partial charge in [0.25, 0.3) is 0 Å². The number of aliphatic hydroxyl groups is 3. The highest BCUT2D eigenvalue weighted by Gasteiger charge is 2.44. The summed E-state index contributed by atoms with van der Waals surface area (Å²) in [6.07, 6.45) is -4.76. The zero-order valence-electron chi connectivity index (χ0n) is 6.25. The van der Waals surface area contributed by atoms with E-state index in [1.54, 1.807) is 0 Å². The first-order valence-electron chi connectivity index (χ1n) is 3.49. The van der Waals surface area contributed by atoms with Gasteiger partial charge < -0.3 is 25.8 Å². The van der Waals surface area contributed by atoms with Crippen LogP contribution >= 0.6 is 0 Å². The second-order valence-electron chi connectivity index (χ2n) is 2.66. The quantitative estimate of drug-likeness (QED) is 0.358. The van der Waals surface area contributed by atoms with Gasteiger partial charge in [-0.15, -0.1) is 0 Å². The second kappa shape index (κ2) is 3.36. The molecule has 0 unspecified atom stereocenters. The van der Waals surface area contributed by atoms with Crippen molar-refractivity contribution in [2.75, 3.05) is 6.61 Å². The number of hydrogen-bond acceptors (Lipinski definition) is 5. The van der Waals surface area contributed by atoms with E-state index < -0.39 is 36.9 Å². The summed E-state index contributed by atoms with van der Waals surface area (Å²) in [4.78, 5) is 10.6. The van der Waals surface area contributed by atoms with Crippen molar-refractivity contribution in [3.63, 3.8) is 0 Å². The minimum atomic E-state index is -1.35. The molecule has 0 aromatic carbocycles. The van der Waals surface area contributed by atoms with E-state index in [0.717, 1.165) is 0 Å². The lowest BCUT2D eigenvalue weighted by molar-refractivity contribution is -0.133. The van der Waals surface area contributed by atoms with Gasteiger partial charge >= 0.3 is 0 Å². The maximum absolute atomic E-state index is 10.6. The molecule has 70 valence electrons. The first-order chi connectivity index (χ1) is 5.57. The van der Waals surface area contributed by atoms with E-state index >= 15 is 0 Å². The molecule has 0 radical (unpaired) electrons. The molecule has 5 N–H and O–H groups in total. The maximum atomic E-state index is 10.6. The smallest absolute Gasteiger partial charge is 0.249 e. The molecule has 0 aliphatic carbocycles. The van der Waals surface area contributed by atoms with Gasteiger partial charge in [0.2, 0.25) is 5.91 Å². The van der Waals surface area contributed by atoms with Gasteiger partial charge in [0.15, 0.2) is 6.10 Å². The first kappa shape index (κ1) is 9.40. The third-order valence-corrected chi connectivity index (χ3v) is 1.82. The molecule has 1 amide bonds. The van der Waals surface area contributed by atoms with Crippen LogP contribution < -0.4 is 5.73 Å². The summed E-state index contributed by atoms with van der Waals surface area (Å²) in [5, 5.41) is 26.9. The average Bonchev–Trinajstić information content (AvgIpc) is 2.30. The molecule has 1 aliphatic rings. The van der Waals surface area contributed by atoms with Gasteiger partial charge in [-0.3, -0.25) is 4.79 Å². The van der Waals surface area contributed by atoms with E-state index in [1.807, 2.05) is 0 Å². The Morgan fingerprint density at radius 3 is 2.25 bits per heavy atom. The molecule has 6 nitrogen and oxygen atoms in total. The molecule has 0 saturated carbocycles. The summed E-state index contributed by atoms with van der Waals surface area (Å²) < 4.78 is 4.77. The van der Waals surface area contributed by atoms with Crippen molar-refractivity contribution in [1.82, 2.24) is 0 Å². The topological polar surface area (TPSA) is 113 Å². The largest absolute Gasteiger partial charge is 0.394 e. The van der Waals surface area contributed by atoms with Crippen LogP contribution in [0.1, 0.15) is 0 Å². The average molecular weight is 177 g/mol. The molecule has 0 spiro atoms. The van der Waals surface area contributed by atoms with Crippen LogP contribution in [0.25, 0.3) is 0 Å². The number of rotatable bonds is 2. The molecule has 1 saturated heterocycles. The fourth-order valence-electron chi connectivity index (χ4n) is 1.13. The van der Waals surface area contributed by atoms with Crippen molar-refractivity contribution in [1.29, 1.82) is 0 Å². The van der Waals surface area contributed by atoms with E-state index in [9.17, 15) is 4.79 Å². The van der Waals surface area contributed by atoms with E-state index in [-0.39, 0.29) is 0 Å². The van der Waals surface area contributed by atoms with Gasteiger partial charge in [-0.2, -0.15) is 0 Å². The third kappa shape index (κ3) is 1.42. The molecule has 1 aliphatic heterocycles. The Bertz CT molecular complexity index is 185. The summed E-state index contributed by atoms with van der Waals surface area (Å²) >= 11 is 0. The van der Waals surface area contributed by atoms with Crippen LogP contribution in [0.15, 0.2) is 0 Å². The number of ether oxygens (including phenoxy) is 1. The molecular formula is C6H11NO5. The number of nitrogens with two attached hydrogens (primary N) is 1.